The van der Waals surface area contributed by atoms with E-state index in [1.165, 1.54) is 11.8 Å². The fourth-order valence-corrected chi connectivity index (χ4v) is 3.36. The summed E-state index contributed by atoms with van der Waals surface area (Å²) < 4.78 is 35.4. The molecule has 0 bridgehead atoms. The number of rotatable bonds is 13. The Kier molecular flexibility index (Phi) is 9.30. The van der Waals surface area contributed by atoms with Crippen molar-refractivity contribution in [3.63, 3.8) is 0 Å². The lowest BCUT2D eigenvalue weighted by Gasteiger charge is -2.17. The maximum Gasteiger partial charge on any atom is 0.397 e. The number of Topliss-reactive ketones (excluding diaryl/α,β-unsaturated/α-hetero) is 1. The van der Waals surface area contributed by atoms with Crippen molar-refractivity contribution in [2.45, 2.75) is 25.4 Å². The minimum Gasteiger partial charge on any atom is -0.481 e. The van der Waals surface area contributed by atoms with Gasteiger partial charge in [-0.3, -0.25) is 14.1 Å². The summed E-state index contributed by atoms with van der Waals surface area (Å²) in [7, 11) is -2.82. The number of aliphatic carboxylic acids is 1. The molecule has 0 aromatic carbocycles. The highest BCUT2D eigenvalue weighted by atomic mass is 32.3. The van der Waals surface area contributed by atoms with Gasteiger partial charge in [-0.1, -0.05) is 0 Å². The van der Waals surface area contributed by atoms with Crippen LogP contribution in [0.4, 0.5) is 0 Å². The molecule has 1 heterocycles. The van der Waals surface area contributed by atoms with Crippen molar-refractivity contribution in [2.24, 2.45) is 5.92 Å². The predicted octanol–water partition coefficient (Wildman–Crippen LogP) is 0.461. The lowest BCUT2D eigenvalue weighted by Crippen LogP contribution is -2.38. The van der Waals surface area contributed by atoms with Gasteiger partial charge in [0.15, 0.2) is 5.78 Å². The monoisotopic (exact) mass is 408 g/mol. The van der Waals surface area contributed by atoms with Gasteiger partial charge in [-0.2, -0.15) is 20.2 Å². The van der Waals surface area contributed by atoms with Crippen LogP contribution in [-0.4, -0.2) is 66.1 Å². The fraction of sp³-hybridized carbons (Fsp3) is 0.600. The molecule has 0 aliphatic carbocycles. The van der Waals surface area contributed by atoms with E-state index in [2.05, 4.69) is 9.50 Å². The van der Waals surface area contributed by atoms with Crippen molar-refractivity contribution < 1.29 is 31.8 Å². The molecule has 0 unspecified atom stereocenters. The highest BCUT2D eigenvalue weighted by Crippen LogP contribution is 2.14. The summed E-state index contributed by atoms with van der Waals surface area (Å²) in [4.78, 5) is 23.6. The number of hydrogen-bond donors (Lipinski definition) is 3. The zero-order valence-corrected chi connectivity index (χ0v) is 16.3. The number of aromatic nitrogens is 1. The van der Waals surface area contributed by atoms with E-state index in [1.807, 2.05) is 0 Å². The lowest BCUT2D eigenvalue weighted by atomic mass is 9.96. The molecule has 3 N–H and O–H groups in total. The molecular formula is C15H24N2O7S2. The van der Waals surface area contributed by atoms with E-state index in [4.69, 9.17) is 4.55 Å². The largest absolute Gasteiger partial charge is 0.481 e. The van der Waals surface area contributed by atoms with Gasteiger partial charge >= 0.3 is 16.4 Å². The summed E-state index contributed by atoms with van der Waals surface area (Å²) in [5.41, 5.74) is 0.835. The Balaban J connectivity index is 2.61. The van der Waals surface area contributed by atoms with Crippen molar-refractivity contribution in [1.82, 2.24) is 9.88 Å². The van der Waals surface area contributed by atoms with Crippen molar-refractivity contribution in [1.29, 1.82) is 0 Å². The first-order chi connectivity index (χ1) is 12.2. The Morgan fingerprint density at radius 3 is 2.65 bits per heavy atom. The average molecular weight is 408 g/mol. The van der Waals surface area contributed by atoms with Crippen molar-refractivity contribution >= 4 is 33.9 Å². The normalized spacial score (nSPS) is 14.1. The van der Waals surface area contributed by atoms with Crippen LogP contribution in [0.25, 0.3) is 0 Å². The molecule has 0 amide bonds. The van der Waals surface area contributed by atoms with E-state index in [0.717, 1.165) is 5.56 Å². The summed E-state index contributed by atoms with van der Waals surface area (Å²) in [5.74, 6) is -1.48. The Bertz CT molecular complexity index is 703. The Hall–Kier alpha value is -1.40. The number of carbonyl (C=O) groups excluding carboxylic acids is 1. The quantitative estimate of drug-likeness (QED) is 0.398. The molecule has 0 spiro atoms. The van der Waals surface area contributed by atoms with Crippen LogP contribution in [0.3, 0.4) is 0 Å². The molecule has 0 fully saturated rings. The molecule has 26 heavy (non-hydrogen) atoms. The van der Waals surface area contributed by atoms with Crippen LogP contribution in [0.15, 0.2) is 18.5 Å². The summed E-state index contributed by atoms with van der Waals surface area (Å²) in [5, 5.41) is 12.1. The number of carbonyl (C=O) groups is 2. The molecule has 0 radical (unpaired) electrons. The van der Waals surface area contributed by atoms with Crippen LogP contribution in [0.2, 0.25) is 0 Å². The molecule has 1 aromatic heterocycles. The van der Waals surface area contributed by atoms with E-state index in [1.54, 1.807) is 36.3 Å². The second-order valence-corrected chi connectivity index (χ2v) is 7.72. The molecule has 0 aliphatic rings. The predicted molar refractivity (Wildman–Crippen MR) is 97.6 cm³/mol. The zero-order chi connectivity index (χ0) is 19.7. The van der Waals surface area contributed by atoms with E-state index in [9.17, 15) is 23.1 Å². The Morgan fingerprint density at radius 1 is 1.42 bits per heavy atom. The molecule has 11 heteroatoms. The summed E-state index contributed by atoms with van der Waals surface area (Å²) in [6.07, 6.45) is 5.58. The lowest BCUT2D eigenvalue weighted by molar-refractivity contribution is -0.143. The first-order valence-electron chi connectivity index (χ1n) is 7.84. The van der Waals surface area contributed by atoms with Gasteiger partial charge in [-0.05, 0) is 31.4 Å². The van der Waals surface area contributed by atoms with Gasteiger partial charge in [-0.15, -0.1) is 0 Å². The molecule has 0 aliphatic heterocycles. The zero-order valence-electron chi connectivity index (χ0n) is 14.6. The van der Waals surface area contributed by atoms with Gasteiger partial charge in [0.1, 0.15) is 0 Å². The van der Waals surface area contributed by atoms with E-state index in [-0.39, 0.29) is 25.4 Å². The number of ketones is 1. The van der Waals surface area contributed by atoms with Crippen molar-refractivity contribution in [3.05, 3.63) is 24.0 Å². The third-order valence-corrected chi connectivity index (χ3v) is 4.94. The number of nitrogens with zero attached hydrogens (tertiary/aromatic N) is 1. The molecule has 9 nitrogen and oxygen atoms in total. The third-order valence-electron chi connectivity index (χ3n) is 3.74. The van der Waals surface area contributed by atoms with E-state index in [0.29, 0.717) is 12.2 Å². The van der Waals surface area contributed by atoms with Crippen LogP contribution >= 0.6 is 11.8 Å². The molecule has 1 rings (SSSR count). The molecule has 148 valence electrons. The first kappa shape index (κ1) is 22.6. The van der Waals surface area contributed by atoms with Crippen LogP contribution in [0.5, 0.6) is 0 Å². The van der Waals surface area contributed by atoms with E-state index >= 15 is 0 Å². The Morgan fingerprint density at radius 2 is 2.12 bits per heavy atom. The highest BCUT2D eigenvalue weighted by molar-refractivity contribution is 7.98. The van der Waals surface area contributed by atoms with Gasteiger partial charge in [-0.25, -0.2) is 4.18 Å². The average Bonchev–Trinajstić information content (AvgIpc) is 2.98. The number of carboxylic acids is 1. The second kappa shape index (κ2) is 10.7. The molecule has 2 atom stereocenters. The van der Waals surface area contributed by atoms with Gasteiger partial charge in [0.2, 0.25) is 0 Å². The maximum atomic E-state index is 12.4. The first-order valence-corrected chi connectivity index (χ1v) is 10.6. The van der Waals surface area contributed by atoms with Gasteiger partial charge in [0, 0.05) is 31.1 Å². The highest BCUT2D eigenvalue weighted by Gasteiger charge is 2.25. The molecule has 0 saturated heterocycles. The smallest absolute Gasteiger partial charge is 0.397 e. The molecular weight excluding hydrogens is 384 g/mol. The van der Waals surface area contributed by atoms with Crippen LogP contribution in [0.1, 0.15) is 12.0 Å². The van der Waals surface area contributed by atoms with Crippen LogP contribution < -0.4 is 5.32 Å². The Labute approximate surface area is 157 Å². The summed E-state index contributed by atoms with van der Waals surface area (Å²) >= 11 is 1.39. The standard InChI is InChI=1S/C15H24N2O7S2/c1-16-13(14(18)8-12(10-25-2)15(19)20)7-11-3-4-17(9-11)5-6-24-26(21,22)23/h3-4,9,12-13,16H,5-8,10H2,1-2H3,(H,19,20)(H,21,22,23)/t12-,13+/m1/s1. The maximum absolute atomic E-state index is 12.4. The summed E-state index contributed by atoms with van der Waals surface area (Å²) in [6, 6.07) is 1.27. The van der Waals surface area contributed by atoms with E-state index < -0.39 is 28.3 Å². The number of hydrogen-bond acceptors (Lipinski definition) is 7. The van der Waals surface area contributed by atoms with Crippen molar-refractivity contribution in [3.8, 4) is 0 Å². The van der Waals surface area contributed by atoms with Gasteiger partial charge in [0.25, 0.3) is 0 Å². The van der Waals surface area contributed by atoms with Crippen molar-refractivity contribution in [2.75, 3.05) is 25.7 Å². The van der Waals surface area contributed by atoms with Gasteiger partial charge in [0.05, 0.1) is 18.6 Å². The summed E-state index contributed by atoms with van der Waals surface area (Å²) in [6.45, 7) is 0.00306. The number of nitrogens with one attached hydrogen (secondary N) is 1. The molecule has 0 saturated carbocycles. The minimum atomic E-state index is -4.46. The third kappa shape index (κ3) is 8.32. The topological polar surface area (TPSA) is 135 Å². The number of thioether (sulfide) groups is 1. The molecule has 1 aromatic rings. The number of carboxylic acid groups (broad SMARTS) is 1. The van der Waals surface area contributed by atoms with Crippen LogP contribution in [-0.2, 0) is 37.1 Å². The number of likely N-dealkylation sites (N-methyl/N-ethyl adjacent to an activating group) is 1. The fourth-order valence-electron chi connectivity index (χ4n) is 2.41. The SMILES string of the molecule is CN[C@@H](Cc1ccn(CCOS(=O)(=O)O)c1)C(=O)C[C@H](CSC)C(=O)O. The minimum absolute atomic E-state index is 0.0371. The second-order valence-electron chi connectivity index (χ2n) is 5.71. The van der Waals surface area contributed by atoms with Crippen LogP contribution in [0, 0.1) is 5.92 Å². The van der Waals surface area contributed by atoms with Gasteiger partial charge < -0.3 is 15.0 Å².